The Hall–Kier alpha value is -1.00. The highest BCUT2D eigenvalue weighted by Crippen LogP contribution is 2.38. The van der Waals surface area contributed by atoms with E-state index in [4.69, 9.17) is 0 Å². The fourth-order valence-corrected chi connectivity index (χ4v) is 2.69. The zero-order valence-electron chi connectivity index (χ0n) is 12.8. The molecule has 3 nitrogen and oxygen atoms in total. The van der Waals surface area contributed by atoms with Gasteiger partial charge in [0.05, 0.1) is 17.9 Å². The van der Waals surface area contributed by atoms with E-state index in [-0.39, 0.29) is 11.9 Å². The second-order valence-corrected chi connectivity index (χ2v) is 6.04. The molecule has 1 N–H and O–H groups in total. The van der Waals surface area contributed by atoms with E-state index in [0.29, 0.717) is 0 Å². The summed E-state index contributed by atoms with van der Waals surface area (Å²) < 4.78 is 12.9. The van der Waals surface area contributed by atoms with Crippen LogP contribution in [0.1, 0.15) is 38.4 Å². The fraction of sp³-hybridized carbons (Fsp3) is 0.688. The summed E-state index contributed by atoms with van der Waals surface area (Å²) in [6.45, 7) is 7.54. The third-order valence-corrected chi connectivity index (χ3v) is 4.18. The van der Waals surface area contributed by atoms with Crippen molar-refractivity contribution in [2.45, 2.75) is 32.7 Å². The molecule has 1 aromatic rings. The Balaban J connectivity index is 1.83. The van der Waals surface area contributed by atoms with Crippen LogP contribution in [0.3, 0.4) is 0 Å². The van der Waals surface area contributed by atoms with E-state index in [1.54, 1.807) is 6.07 Å². The lowest BCUT2D eigenvalue weighted by molar-refractivity contribution is 0.292. The van der Waals surface area contributed by atoms with Crippen LogP contribution in [0.2, 0.25) is 0 Å². The van der Waals surface area contributed by atoms with E-state index >= 15 is 0 Å². The van der Waals surface area contributed by atoms with Crippen molar-refractivity contribution < 1.29 is 4.39 Å². The summed E-state index contributed by atoms with van der Waals surface area (Å²) in [5.41, 5.74) is 0.932. The van der Waals surface area contributed by atoms with Crippen molar-refractivity contribution in [3.8, 4) is 0 Å². The largest absolute Gasteiger partial charge is 0.309 e. The SMILES string of the molecule is CCNC(CCN(C)CC1CC1C)c1ccc(F)cn1. The van der Waals surface area contributed by atoms with Crippen molar-refractivity contribution >= 4 is 0 Å². The summed E-state index contributed by atoms with van der Waals surface area (Å²) in [6.07, 6.45) is 3.68. The van der Waals surface area contributed by atoms with Crippen LogP contribution in [-0.4, -0.2) is 36.6 Å². The van der Waals surface area contributed by atoms with Crippen LogP contribution in [0, 0.1) is 17.7 Å². The number of nitrogens with one attached hydrogen (secondary N) is 1. The maximum Gasteiger partial charge on any atom is 0.141 e. The van der Waals surface area contributed by atoms with Crippen molar-refractivity contribution in [1.82, 2.24) is 15.2 Å². The van der Waals surface area contributed by atoms with Gasteiger partial charge in [-0.1, -0.05) is 13.8 Å². The van der Waals surface area contributed by atoms with E-state index < -0.39 is 0 Å². The predicted molar refractivity (Wildman–Crippen MR) is 80.0 cm³/mol. The highest BCUT2D eigenvalue weighted by Gasteiger charge is 2.33. The molecular formula is C16H26FN3. The molecule has 0 aromatic carbocycles. The summed E-state index contributed by atoms with van der Waals surface area (Å²) in [5, 5.41) is 3.44. The lowest BCUT2D eigenvalue weighted by Gasteiger charge is -2.22. The zero-order chi connectivity index (χ0) is 14.5. The minimum atomic E-state index is -0.274. The molecule has 0 saturated heterocycles. The summed E-state index contributed by atoms with van der Waals surface area (Å²) in [5.74, 6) is 1.52. The number of halogens is 1. The molecule has 3 atom stereocenters. The molecule has 1 saturated carbocycles. The van der Waals surface area contributed by atoms with Crippen molar-refractivity contribution in [3.05, 3.63) is 29.8 Å². The molecular weight excluding hydrogens is 253 g/mol. The summed E-state index contributed by atoms with van der Waals surface area (Å²) in [4.78, 5) is 6.61. The Bertz CT molecular complexity index is 407. The van der Waals surface area contributed by atoms with Gasteiger partial charge in [-0.05, 0) is 56.9 Å². The number of rotatable bonds is 8. The lowest BCUT2D eigenvalue weighted by atomic mass is 10.1. The normalized spacial score (nSPS) is 23.1. The third kappa shape index (κ3) is 4.53. The van der Waals surface area contributed by atoms with E-state index in [1.807, 2.05) is 0 Å². The second kappa shape index (κ2) is 7.14. The molecule has 1 heterocycles. The molecule has 1 fully saturated rings. The molecule has 20 heavy (non-hydrogen) atoms. The highest BCUT2D eigenvalue weighted by molar-refractivity contribution is 5.10. The number of aromatic nitrogens is 1. The maximum atomic E-state index is 12.9. The van der Waals surface area contributed by atoms with Crippen molar-refractivity contribution in [1.29, 1.82) is 0 Å². The molecule has 0 bridgehead atoms. The minimum Gasteiger partial charge on any atom is -0.309 e. The molecule has 3 unspecified atom stereocenters. The quantitative estimate of drug-likeness (QED) is 0.793. The molecule has 1 aliphatic carbocycles. The number of hydrogen-bond acceptors (Lipinski definition) is 3. The number of nitrogens with zero attached hydrogens (tertiary/aromatic N) is 2. The first-order valence-corrected chi connectivity index (χ1v) is 7.63. The first-order chi connectivity index (χ1) is 9.60. The van der Waals surface area contributed by atoms with Gasteiger partial charge in [0.25, 0.3) is 0 Å². The predicted octanol–water partition coefficient (Wildman–Crippen LogP) is 2.85. The smallest absolute Gasteiger partial charge is 0.141 e. The molecule has 0 amide bonds. The average molecular weight is 279 g/mol. The van der Waals surface area contributed by atoms with Gasteiger partial charge >= 0.3 is 0 Å². The van der Waals surface area contributed by atoms with Gasteiger partial charge in [0.15, 0.2) is 0 Å². The summed E-state index contributed by atoms with van der Waals surface area (Å²) >= 11 is 0. The maximum absolute atomic E-state index is 12.9. The van der Waals surface area contributed by atoms with Gasteiger partial charge in [-0.15, -0.1) is 0 Å². The molecule has 1 aromatic heterocycles. The van der Waals surface area contributed by atoms with E-state index in [9.17, 15) is 4.39 Å². The van der Waals surface area contributed by atoms with Gasteiger partial charge in [0.1, 0.15) is 5.82 Å². The molecule has 0 spiro atoms. The van der Waals surface area contributed by atoms with E-state index in [0.717, 1.165) is 37.0 Å². The fourth-order valence-electron chi connectivity index (χ4n) is 2.69. The topological polar surface area (TPSA) is 28.2 Å². The molecule has 112 valence electrons. The van der Waals surface area contributed by atoms with Crippen LogP contribution >= 0.6 is 0 Å². The van der Waals surface area contributed by atoms with Crippen LogP contribution in [-0.2, 0) is 0 Å². The van der Waals surface area contributed by atoms with Gasteiger partial charge in [-0.2, -0.15) is 0 Å². The van der Waals surface area contributed by atoms with Gasteiger partial charge < -0.3 is 10.2 Å². The molecule has 1 aliphatic rings. The number of hydrogen-bond donors (Lipinski definition) is 1. The van der Waals surface area contributed by atoms with Gasteiger partial charge in [-0.3, -0.25) is 4.98 Å². The molecule has 0 radical (unpaired) electrons. The van der Waals surface area contributed by atoms with Gasteiger partial charge in [-0.25, -0.2) is 4.39 Å². The molecule has 0 aliphatic heterocycles. The second-order valence-electron chi connectivity index (χ2n) is 6.04. The van der Waals surface area contributed by atoms with Crippen LogP contribution < -0.4 is 5.32 Å². The van der Waals surface area contributed by atoms with Crippen molar-refractivity contribution in [2.24, 2.45) is 11.8 Å². The summed E-state index contributed by atoms with van der Waals surface area (Å²) in [7, 11) is 2.19. The molecule has 2 rings (SSSR count). The van der Waals surface area contributed by atoms with Crippen LogP contribution in [0.25, 0.3) is 0 Å². The summed E-state index contributed by atoms with van der Waals surface area (Å²) in [6, 6.07) is 3.48. The van der Waals surface area contributed by atoms with E-state index in [2.05, 4.69) is 36.1 Å². The first-order valence-electron chi connectivity index (χ1n) is 7.63. The Kier molecular flexibility index (Phi) is 5.49. The Morgan fingerprint density at radius 3 is 2.80 bits per heavy atom. The Morgan fingerprint density at radius 2 is 2.25 bits per heavy atom. The number of pyridine rings is 1. The Morgan fingerprint density at radius 1 is 1.50 bits per heavy atom. The van der Waals surface area contributed by atoms with Gasteiger partial charge in [0, 0.05) is 6.54 Å². The van der Waals surface area contributed by atoms with Crippen LogP contribution in [0.4, 0.5) is 4.39 Å². The monoisotopic (exact) mass is 279 g/mol. The van der Waals surface area contributed by atoms with Crippen LogP contribution in [0.15, 0.2) is 18.3 Å². The minimum absolute atomic E-state index is 0.208. The third-order valence-electron chi connectivity index (χ3n) is 4.18. The van der Waals surface area contributed by atoms with Crippen LogP contribution in [0.5, 0.6) is 0 Å². The van der Waals surface area contributed by atoms with E-state index in [1.165, 1.54) is 25.2 Å². The lowest BCUT2D eigenvalue weighted by Crippen LogP contribution is -2.29. The first kappa shape index (κ1) is 15.4. The highest BCUT2D eigenvalue weighted by atomic mass is 19.1. The van der Waals surface area contributed by atoms with Crippen molar-refractivity contribution in [3.63, 3.8) is 0 Å². The average Bonchev–Trinajstić information content (AvgIpc) is 3.11. The zero-order valence-corrected chi connectivity index (χ0v) is 12.8. The standard InChI is InChI=1S/C16H26FN3/c1-4-18-16(15-6-5-14(17)10-19-15)7-8-20(3)11-13-9-12(13)2/h5-6,10,12-13,16,18H,4,7-9,11H2,1-3H3. The molecule has 4 heteroatoms. The van der Waals surface area contributed by atoms with Gasteiger partial charge in [0.2, 0.25) is 0 Å². The Labute approximate surface area is 121 Å². The van der Waals surface area contributed by atoms with Crippen molar-refractivity contribution in [2.75, 3.05) is 26.7 Å².